The third-order valence-corrected chi connectivity index (χ3v) is 3.96. The summed E-state index contributed by atoms with van der Waals surface area (Å²) in [6.45, 7) is 4.31. The molecule has 0 spiro atoms. The van der Waals surface area contributed by atoms with Crippen LogP contribution in [0, 0.1) is 17.0 Å². The maximum absolute atomic E-state index is 13.1. The van der Waals surface area contributed by atoms with E-state index in [2.05, 4.69) is 19.2 Å². The molecule has 1 aliphatic carbocycles. The Hall–Kier alpha value is -0.960. The number of halogens is 2. The predicted octanol–water partition coefficient (Wildman–Crippen LogP) is 3.07. The molecule has 3 heteroatoms. The molecule has 2 unspecified atom stereocenters. The first-order chi connectivity index (χ1) is 7.46. The molecule has 0 saturated heterocycles. The van der Waals surface area contributed by atoms with Gasteiger partial charge in [0.15, 0.2) is 11.6 Å². The first-order valence-corrected chi connectivity index (χ1v) is 5.59. The quantitative estimate of drug-likeness (QED) is 0.815. The number of nitrogens with one attached hydrogen (secondary N) is 1. The molecule has 0 aliphatic heterocycles. The van der Waals surface area contributed by atoms with E-state index in [9.17, 15) is 8.78 Å². The molecular weight excluding hydrogens is 208 g/mol. The van der Waals surface area contributed by atoms with Crippen molar-refractivity contribution in [1.82, 2.24) is 5.32 Å². The van der Waals surface area contributed by atoms with E-state index in [0.717, 1.165) is 12.0 Å². The molecule has 1 fully saturated rings. The van der Waals surface area contributed by atoms with Crippen molar-refractivity contribution in [2.75, 3.05) is 7.05 Å². The molecule has 0 radical (unpaired) electrons. The highest BCUT2D eigenvalue weighted by Crippen LogP contribution is 2.52. The Labute approximate surface area is 94.9 Å². The minimum Gasteiger partial charge on any atom is -0.316 e. The van der Waals surface area contributed by atoms with Crippen LogP contribution in [0.2, 0.25) is 0 Å². The van der Waals surface area contributed by atoms with Gasteiger partial charge in [-0.3, -0.25) is 0 Å². The van der Waals surface area contributed by atoms with Crippen molar-refractivity contribution in [3.05, 3.63) is 35.4 Å². The fourth-order valence-electron chi connectivity index (χ4n) is 2.71. The number of benzene rings is 1. The summed E-state index contributed by atoms with van der Waals surface area (Å²) in [5.41, 5.74) is 0.995. The van der Waals surface area contributed by atoms with E-state index in [0.29, 0.717) is 12.0 Å². The molecule has 1 aliphatic rings. The Morgan fingerprint density at radius 3 is 2.44 bits per heavy atom. The molecule has 16 heavy (non-hydrogen) atoms. The van der Waals surface area contributed by atoms with Crippen molar-refractivity contribution in [1.29, 1.82) is 0 Å². The van der Waals surface area contributed by atoms with Crippen LogP contribution in [0.1, 0.15) is 31.7 Å². The molecule has 2 atom stereocenters. The average molecular weight is 225 g/mol. The van der Waals surface area contributed by atoms with Crippen molar-refractivity contribution < 1.29 is 8.78 Å². The maximum Gasteiger partial charge on any atom is 0.159 e. The lowest BCUT2D eigenvalue weighted by Gasteiger charge is -2.52. The highest BCUT2D eigenvalue weighted by Gasteiger charge is 2.47. The van der Waals surface area contributed by atoms with Gasteiger partial charge in [0.25, 0.3) is 0 Å². The molecule has 0 aromatic heterocycles. The van der Waals surface area contributed by atoms with Crippen molar-refractivity contribution >= 4 is 0 Å². The monoisotopic (exact) mass is 225 g/mol. The van der Waals surface area contributed by atoms with Crippen LogP contribution in [0.3, 0.4) is 0 Å². The largest absolute Gasteiger partial charge is 0.316 e. The van der Waals surface area contributed by atoms with Gasteiger partial charge in [-0.15, -0.1) is 0 Å². The average Bonchev–Trinajstić information content (AvgIpc) is 2.22. The van der Waals surface area contributed by atoms with E-state index in [4.69, 9.17) is 0 Å². The van der Waals surface area contributed by atoms with Gasteiger partial charge >= 0.3 is 0 Å². The van der Waals surface area contributed by atoms with Gasteiger partial charge < -0.3 is 5.32 Å². The molecule has 0 bridgehead atoms. The molecule has 88 valence electrons. The fourth-order valence-corrected chi connectivity index (χ4v) is 2.71. The lowest BCUT2D eigenvalue weighted by molar-refractivity contribution is 0.0749. The van der Waals surface area contributed by atoms with Crippen LogP contribution in [0.4, 0.5) is 8.78 Å². The molecule has 1 saturated carbocycles. The highest BCUT2D eigenvalue weighted by molar-refractivity contribution is 5.28. The first-order valence-electron chi connectivity index (χ1n) is 5.59. The second-order valence-corrected chi connectivity index (χ2v) is 5.12. The Bertz CT molecular complexity index is 401. The Balaban J connectivity index is 2.24. The summed E-state index contributed by atoms with van der Waals surface area (Å²) in [6.07, 6.45) is 0.981. The van der Waals surface area contributed by atoms with Crippen molar-refractivity contribution in [2.24, 2.45) is 5.41 Å². The van der Waals surface area contributed by atoms with Crippen molar-refractivity contribution in [3.63, 3.8) is 0 Å². The van der Waals surface area contributed by atoms with Gasteiger partial charge in [-0.25, -0.2) is 8.78 Å². The third kappa shape index (κ3) is 1.63. The summed E-state index contributed by atoms with van der Waals surface area (Å²) in [7, 11) is 1.94. The second kappa shape index (κ2) is 3.81. The summed E-state index contributed by atoms with van der Waals surface area (Å²) in [6, 6.07) is 4.68. The van der Waals surface area contributed by atoms with Gasteiger partial charge in [0, 0.05) is 6.04 Å². The molecule has 0 amide bonds. The second-order valence-electron chi connectivity index (χ2n) is 5.12. The van der Waals surface area contributed by atoms with Gasteiger partial charge in [-0.1, -0.05) is 19.9 Å². The van der Waals surface area contributed by atoms with E-state index in [1.54, 1.807) is 6.07 Å². The van der Waals surface area contributed by atoms with Crippen LogP contribution in [0.25, 0.3) is 0 Å². The minimum absolute atomic E-state index is 0.0962. The zero-order chi connectivity index (χ0) is 11.9. The summed E-state index contributed by atoms with van der Waals surface area (Å²) in [5, 5.41) is 3.25. The van der Waals surface area contributed by atoms with Gasteiger partial charge in [-0.05, 0) is 42.5 Å². The van der Waals surface area contributed by atoms with E-state index in [-0.39, 0.29) is 5.41 Å². The summed E-state index contributed by atoms with van der Waals surface area (Å²) in [4.78, 5) is 0. The zero-order valence-corrected chi connectivity index (χ0v) is 9.85. The Morgan fingerprint density at radius 1 is 1.25 bits per heavy atom. The lowest BCUT2D eigenvalue weighted by atomic mass is 9.56. The van der Waals surface area contributed by atoms with Gasteiger partial charge in [0.05, 0.1) is 0 Å². The van der Waals surface area contributed by atoms with Crippen LogP contribution < -0.4 is 5.32 Å². The van der Waals surface area contributed by atoms with Crippen LogP contribution in [-0.4, -0.2) is 13.1 Å². The van der Waals surface area contributed by atoms with Crippen molar-refractivity contribution in [2.45, 2.75) is 32.2 Å². The van der Waals surface area contributed by atoms with Gasteiger partial charge in [0.2, 0.25) is 0 Å². The van der Waals surface area contributed by atoms with Gasteiger partial charge in [-0.2, -0.15) is 0 Å². The standard InChI is InChI=1S/C13H17F2N/c1-13(2)9(7-12(13)16-3)8-4-5-10(14)11(15)6-8/h4-6,9,12,16H,7H2,1-3H3. The predicted molar refractivity (Wildman–Crippen MR) is 60.3 cm³/mol. The highest BCUT2D eigenvalue weighted by atomic mass is 19.2. The summed E-state index contributed by atoms with van der Waals surface area (Å²) >= 11 is 0. The van der Waals surface area contributed by atoms with Gasteiger partial charge in [0.1, 0.15) is 0 Å². The smallest absolute Gasteiger partial charge is 0.159 e. The summed E-state index contributed by atoms with van der Waals surface area (Å²) in [5.74, 6) is -1.22. The topological polar surface area (TPSA) is 12.0 Å². The molecule has 1 N–H and O–H groups in total. The summed E-state index contributed by atoms with van der Waals surface area (Å²) < 4.78 is 26.0. The minimum atomic E-state index is -0.772. The third-order valence-electron chi connectivity index (χ3n) is 3.96. The number of hydrogen-bond acceptors (Lipinski definition) is 1. The number of hydrogen-bond donors (Lipinski definition) is 1. The maximum atomic E-state index is 13.1. The molecule has 2 rings (SSSR count). The molecule has 0 heterocycles. The molecule has 1 aromatic carbocycles. The lowest BCUT2D eigenvalue weighted by Crippen LogP contribution is -2.54. The van der Waals surface area contributed by atoms with Crippen LogP contribution in [0.15, 0.2) is 18.2 Å². The fraction of sp³-hybridized carbons (Fsp3) is 0.538. The van der Waals surface area contributed by atoms with Crippen LogP contribution in [0.5, 0.6) is 0 Å². The first kappa shape index (κ1) is 11.5. The Morgan fingerprint density at radius 2 is 1.94 bits per heavy atom. The van der Waals surface area contributed by atoms with E-state index < -0.39 is 11.6 Å². The molecule has 1 aromatic rings. The van der Waals surface area contributed by atoms with Crippen molar-refractivity contribution in [3.8, 4) is 0 Å². The van der Waals surface area contributed by atoms with Crippen LogP contribution in [-0.2, 0) is 0 Å². The van der Waals surface area contributed by atoms with E-state index in [1.165, 1.54) is 12.1 Å². The molecule has 1 nitrogen and oxygen atoms in total. The normalized spacial score (nSPS) is 27.6. The number of rotatable bonds is 2. The Kier molecular flexibility index (Phi) is 2.74. The zero-order valence-electron chi connectivity index (χ0n) is 9.85. The van der Waals surface area contributed by atoms with E-state index >= 15 is 0 Å². The molecular formula is C13H17F2N. The van der Waals surface area contributed by atoms with Crippen LogP contribution >= 0.6 is 0 Å². The SMILES string of the molecule is CNC1CC(c2ccc(F)c(F)c2)C1(C)C. The van der Waals surface area contributed by atoms with E-state index in [1.807, 2.05) is 7.05 Å².